The number of halogens is 3. The summed E-state index contributed by atoms with van der Waals surface area (Å²) in [6.07, 6.45) is 0.932. The van der Waals surface area contributed by atoms with Gasteiger partial charge in [0.1, 0.15) is 0 Å². The molecule has 1 fully saturated rings. The maximum atomic E-state index is 12.7. The van der Waals surface area contributed by atoms with Gasteiger partial charge in [-0.05, 0) is 30.4 Å². The number of amides is 2. The van der Waals surface area contributed by atoms with Gasteiger partial charge in [-0.1, -0.05) is 0 Å². The summed E-state index contributed by atoms with van der Waals surface area (Å²) in [7, 11) is 0. The molecule has 1 heterocycles. The third-order valence-corrected chi connectivity index (χ3v) is 3.12. The summed E-state index contributed by atoms with van der Waals surface area (Å²) in [4.78, 5) is 23.7. The molecule has 0 saturated carbocycles. The molecule has 2 N–H and O–H groups in total. The molecule has 1 unspecified atom stereocenters. The van der Waals surface area contributed by atoms with Crippen molar-refractivity contribution in [1.29, 1.82) is 0 Å². The number of likely N-dealkylation sites (tertiary alicyclic amines) is 1. The van der Waals surface area contributed by atoms with Gasteiger partial charge in [-0.3, -0.25) is 9.59 Å². The fraction of sp³-hybridized carbons (Fsp3) is 0.818. The van der Waals surface area contributed by atoms with Gasteiger partial charge in [0, 0.05) is 32.4 Å². The first-order valence-corrected chi connectivity index (χ1v) is 6.28. The van der Waals surface area contributed by atoms with Gasteiger partial charge in [-0.25, -0.2) is 0 Å². The van der Waals surface area contributed by atoms with Gasteiger partial charge < -0.3 is 10.6 Å². The molecule has 0 aliphatic carbocycles. The number of piperidine rings is 1. The van der Waals surface area contributed by atoms with E-state index in [0.717, 1.165) is 0 Å². The van der Waals surface area contributed by atoms with E-state index in [9.17, 15) is 18.4 Å². The molecule has 18 heavy (non-hydrogen) atoms. The quantitative estimate of drug-likeness (QED) is 0.754. The summed E-state index contributed by atoms with van der Waals surface area (Å²) in [5.41, 5.74) is 4.99. The van der Waals surface area contributed by atoms with Gasteiger partial charge in [-0.15, -0.1) is 0 Å². The van der Waals surface area contributed by atoms with Crippen LogP contribution in [0.1, 0.15) is 32.1 Å². The van der Waals surface area contributed by atoms with E-state index in [0.29, 0.717) is 19.4 Å². The third kappa shape index (κ3) is 5.62. The normalized spacial score (nSPS) is 21.2. The number of alkyl halides is 3. The lowest BCUT2D eigenvalue weighted by Crippen LogP contribution is -2.41. The van der Waals surface area contributed by atoms with Gasteiger partial charge in [0.25, 0.3) is 0 Å². The Morgan fingerprint density at radius 3 is 2.78 bits per heavy atom. The number of nitrogens with two attached hydrogens (primary N) is 1. The number of rotatable bonds is 6. The summed E-state index contributed by atoms with van der Waals surface area (Å²) in [6.45, 7) is 0.659. The van der Waals surface area contributed by atoms with Crippen LogP contribution in [0.15, 0.2) is 0 Å². The zero-order chi connectivity index (χ0) is 13.8. The van der Waals surface area contributed by atoms with Gasteiger partial charge in [0.15, 0.2) is 0 Å². The Morgan fingerprint density at radius 1 is 1.56 bits per heavy atom. The first-order chi connectivity index (χ1) is 8.28. The highest BCUT2D eigenvalue weighted by Gasteiger charge is 2.34. The minimum atomic E-state index is -3.22. The molecule has 104 valence electrons. The van der Waals surface area contributed by atoms with Crippen molar-refractivity contribution in [2.75, 3.05) is 13.1 Å². The Hall–Kier alpha value is -0.910. The molecule has 0 aromatic carbocycles. The van der Waals surface area contributed by atoms with Crippen molar-refractivity contribution in [2.24, 2.45) is 11.7 Å². The van der Waals surface area contributed by atoms with Gasteiger partial charge in [0.2, 0.25) is 11.8 Å². The molecule has 0 aromatic heterocycles. The first-order valence-electron chi connectivity index (χ1n) is 5.91. The molecule has 1 aliphatic heterocycles. The fourth-order valence-electron chi connectivity index (χ4n) is 2.14. The van der Waals surface area contributed by atoms with E-state index < -0.39 is 17.7 Å². The Balaban J connectivity index is 2.41. The van der Waals surface area contributed by atoms with Gasteiger partial charge in [-0.2, -0.15) is 8.78 Å². The topological polar surface area (TPSA) is 63.4 Å². The molecule has 7 heteroatoms. The maximum Gasteiger partial charge on any atom is 0.322 e. The van der Waals surface area contributed by atoms with Crippen molar-refractivity contribution in [3.8, 4) is 0 Å². The molecule has 0 radical (unpaired) electrons. The van der Waals surface area contributed by atoms with E-state index in [4.69, 9.17) is 17.3 Å². The van der Waals surface area contributed by atoms with Crippen LogP contribution in [0.2, 0.25) is 0 Å². The highest BCUT2D eigenvalue weighted by Crippen LogP contribution is 2.32. The fourth-order valence-corrected chi connectivity index (χ4v) is 2.36. The van der Waals surface area contributed by atoms with Crippen molar-refractivity contribution in [1.82, 2.24) is 4.90 Å². The molecule has 1 atom stereocenters. The predicted molar refractivity (Wildman–Crippen MR) is 63.1 cm³/mol. The van der Waals surface area contributed by atoms with Crippen LogP contribution in [0, 0.1) is 5.92 Å². The maximum absolute atomic E-state index is 12.7. The number of nitrogens with zero attached hydrogens (tertiary/aromatic N) is 1. The molecule has 1 rings (SSSR count). The molecule has 0 bridgehead atoms. The van der Waals surface area contributed by atoms with Gasteiger partial charge in [0.05, 0.1) is 0 Å². The molecular formula is C11H17ClF2N2O2. The Bertz CT molecular complexity index is 321. The molecular weight excluding hydrogens is 266 g/mol. The smallest absolute Gasteiger partial charge is 0.322 e. The van der Waals surface area contributed by atoms with E-state index >= 15 is 0 Å². The monoisotopic (exact) mass is 282 g/mol. The number of primary amides is 1. The zero-order valence-corrected chi connectivity index (χ0v) is 10.8. The summed E-state index contributed by atoms with van der Waals surface area (Å²) in [5, 5.41) is -3.22. The summed E-state index contributed by atoms with van der Waals surface area (Å²) < 4.78 is 25.4. The van der Waals surface area contributed by atoms with Crippen LogP contribution in [0.3, 0.4) is 0 Å². The summed E-state index contributed by atoms with van der Waals surface area (Å²) in [6, 6.07) is 0. The van der Waals surface area contributed by atoms with Crippen molar-refractivity contribution in [3.05, 3.63) is 0 Å². The predicted octanol–water partition coefficient (Wildman–Crippen LogP) is 1.71. The highest BCUT2D eigenvalue weighted by atomic mass is 35.5. The molecule has 0 spiro atoms. The number of hydrogen-bond donors (Lipinski definition) is 1. The molecule has 0 aromatic rings. The van der Waals surface area contributed by atoms with E-state index in [1.807, 2.05) is 0 Å². The molecule has 2 amide bonds. The average Bonchev–Trinajstić information content (AvgIpc) is 2.20. The molecule has 1 saturated heterocycles. The lowest BCUT2D eigenvalue weighted by Gasteiger charge is -2.33. The van der Waals surface area contributed by atoms with Crippen molar-refractivity contribution in [2.45, 2.75) is 37.5 Å². The second kappa shape index (κ2) is 6.31. The minimum absolute atomic E-state index is 0.0615. The average molecular weight is 283 g/mol. The largest absolute Gasteiger partial charge is 0.370 e. The van der Waals surface area contributed by atoms with Crippen LogP contribution in [0.5, 0.6) is 0 Å². The zero-order valence-electron chi connectivity index (χ0n) is 10.0. The van der Waals surface area contributed by atoms with Crippen molar-refractivity contribution in [3.63, 3.8) is 0 Å². The third-order valence-electron chi connectivity index (χ3n) is 2.97. The second-order valence-corrected chi connectivity index (χ2v) is 5.19. The van der Waals surface area contributed by atoms with Crippen LogP contribution < -0.4 is 5.73 Å². The standard InChI is InChI=1S/C11H17ClF2N2O2/c12-11(13,14)6-8-3-4-10(18)16(7-8)5-1-2-9(15)17/h8H,1-7H2,(H2,15,17). The molecule has 1 aliphatic rings. The number of carbonyl (C=O) groups excluding carboxylic acids is 2. The summed E-state index contributed by atoms with van der Waals surface area (Å²) in [5.74, 6) is -0.777. The number of hydrogen-bond acceptors (Lipinski definition) is 2. The highest BCUT2D eigenvalue weighted by molar-refractivity contribution is 6.21. The van der Waals surface area contributed by atoms with Crippen molar-refractivity contribution < 1.29 is 18.4 Å². The van der Waals surface area contributed by atoms with E-state index in [1.54, 1.807) is 0 Å². The van der Waals surface area contributed by atoms with Crippen LogP contribution in [0.4, 0.5) is 8.78 Å². The van der Waals surface area contributed by atoms with Crippen molar-refractivity contribution >= 4 is 23.4 Å². The van der Waals surface area contributed by atoms with Crippen LogP contribution in [-0.2, 0) is 9.59 Å². The molecule has 4 nitrogen and oxygen atoms in total. The Morgan fingerprint density at radius 2 is 2.22 bits per heavy atom. The van der Waals surface area contributed by atoms with Crippen LogP contribution in [-0.4, -0.2) is 35.2 Å². The minimum Gasteiger partial charge on any atom is -0.370 e. The lowest BCUT2D eigenvalue weighted by atomic mass is 9.94. The SMILES string of the molecule is NC(=O)CCCN1CC(CC(F)(F)Cl)CCC1=O. The van der Waals surface area contributed by atoms with E-state index in [1.165, 1.54) is 4.90 Å². The van der Waals surface area contributed by atoms with Crippen LogP contribution in [0.25, 0.3) is 0 Å². The van der Waals surface area contributed by atoms with Crippen LogP contribution >= 0.6 is 11.6 Å². The first kappa shape index (κ1) is 15.1. The number of carbonyl (C=O) groups is 2. The lowest BCUT2D eigenvalue weighted by molar-refractivity contribution is -0.136. The Labute approximate surface area is 109 Å². The van der Waals surface area contributed by atoms with Gasteiger partial charge >= 0.3 is 5.38 Å². The summed E-state index contributed by atoms with van der Waals surface area (Å²) >= 11 is 4.90. The van der Waals surface area contributed by atoms with E-state index in [2.05, 4.69) is 0 Å². The Kier molecular flexibility index (Phi) is 5.31. The second-order valence-electron chi connectivity index (χ2n) is 4.63. The van der Waals surface area contributed by atoms with E-state index in [-0.39, 0.29) is 31.2 Å².